The van der Waals surface area contributed by atoms with Gasteiger partial charge in [-0.25, -0.2) is 0 Å². The van der Waals surface area contributed by atoms with E-state index in [1.807, 2.05) is 6.92 Å². The van der Waals surface area contributed by atoms with Crippen LogP contribution in [-0.2, 0) is 14.2 Å². The van der Waals surface area contributed by atoms with Crippen LogP contribution in [0, 0.1) is 0 Å². The number of hydrogen-bond donors (Lipinski definition) is 2. The molecule has 0 spiro atoms. The number of aliphatic hydroxyl groups excluding tert-OH is 2. The zero-order valence-electron chi connectivity index (χ0n) is 9.09. The zero-order chi connectivity index (χ0) is 11.1. The molecule has 5 nitrogen and oxygen atoms in total. The Morgan fingerprint density at radius 1 is 1.47 bits per heavy atom. The molecule has 0 amide bonds. The van der Waals surface area contributed by atoms with E-state index in [4.69, 9.17) is 24.4 Å². The van der Waals surface area contributed by atoms with E-state index in [9.17, 15) is 0 Å². The Hall–Kier alpha value is -0.200. The molecule has 0 saturated carbocycles. The van der Waals surface area contributed by atoms with Crippen LogP contribution in [0.15, 0.2) is 0 Å². The summed E-state index contributed by atoms with van der Waals surface area (Å²) in [6.45, 7) is 3.16. The highest BCUT2D eigenvalue weighted by Gasteiger charge is 2.24. The Kier molecular flexibility index (Phi) is 6.12. The lowest BCUT2D eigenvalue weighted by atomic mass is 10.3. The molecule has 15 heavy (non-hydrogen) atoms. The van der Waals surface area contributed by atoms with E-state index in [2.05, 4.69) is 0 Å². The van der Waals surface area contributed by atoms with Crippen molar-refractivity contribution in [3.63, 3.8) is 0 Å². The first kappa shape index (κ1) is 12.9. The fraction of sp³-hybridized carbons (Fsp3) is 1.00. The average molecular weight is 220 g/mol. The molecular weight excluding hydrogens is 200 g/mol. The highest BCUT2D eigenvalue weighted by molar-refractivity contribution is 4.67. The van der Waals surface area contributed by atoms with Crippen LogP contribution in [0.4, 0.5) is 0 Å². The summed E-state index contributed by atoms with van der Waals surface area (Å²) in [6, 6.07) is 0. The van der Waals surface area contributed by atoms with E-state index in [-0.39, 0.29) is 25.6 Å². The van der Waals surface area contributed by atoms with E-state index < -0.39 is 6.10 Å². The lowest BCUT2D eigenvalue weighted by molar-refractivity contribution is -0.165. The van der Waals surface area contributed by atoms with Crippen LogP contribution in [0.1, 0.15) is 19.8 Å². The average Bonchev–Trinajstić information content (AvgIpc) is 3.05. The second-order valence-corrected chi connectivity index (χ2v) is 3.68. The summed E-state index contributed by atoms with van der Waals surface area (Å²) in [5.74, 6) is 0. The molecule has 0 aromatic rings. The Balaban J connectivity index is 2.10. The third-order valence-electron chi connectivity index (χ3n) is 2.08. The van der Waals surface area contributed by atoms with E-state index in [0.717, 1.165) is 19.4 Å². The van der Waals surface area contributed by atoms with Gasteiger partial charge >= 0.3 is 0 Å². The summed E-state index contributed by atoms with van der Waals surface area (Å²) in [4.78, 5) is 0. The van der Waals surface area contributed by atoms with E-state index >= 15 is 0 Å². The fourth-order valence-corrected chi connectivity index (χ4v) is 1.10. The Morgan fingerprint density at radius 2 is 2.20 bits per heavy atom. The molecule has 3 atom stereocenters. The molecule has 1 heterocycles. The fourth-order valence-electron chi connectivity index (χ4n) is 1.10. The normalized spacial score (nSPS) is 23.8. The van der Waals surface area contributed by atoms with Gasteiger partial charge in [0.15, 0.2) is 6.29 Å². The molecule has 0 aliphatic carbocycles. The van der Waals surface area contributed by atoms with Crippen molar-refractivity contribution in [3.05, 3.63) is 0 Å². The maximum absolute atomic E-state index is 9.11. The van der Waals surface area contributed by atoms with Crippen LogP contribution < -0.4 is 0 Å². The Morgan fingerprint density at radius 3 is 2.73 bits per heavy atom. The maximum atomic E-state index is 9.11. The van der Waals surface area contributed by atoms with E-state index in [0.29, 0.717) is 6.61 Å². The minimum atomic E-state index is -0.829. The third kappa shape index (κ3) is 6.06. The molecule has 5 heteroatoms. The van der Waals surface area contributed by atoms with Crippen molar-refractivity contribution in [1.29, 1.82) is 0 Å². The second kappa shape index (κ2) is 7.14. The van der Waals surface area contributed by atoms with Crippen LogP contribution in [-0.4, -0.2) is 55.1 Å². The molecule has 90 valence electrons. The molecule has 1 saturated heterocycles. The molecule has 2 N–H and O–H groups in total. The van der Waals surface area contributed by atoms with Crippen molar-refractivity contribution in [2.45, 2.75) is 38.3 Å². The molecular formula is C10H20O5. The van der Waals surface area contributed by atoms with Gasteiger partial charge in [0.1, 0.15) is 12.2 Å². The number of rotatable bonds is 9. The van der Waals surface area contributed by atoms with Gasteiger partial charge in [-0.2, -0.15) is 0 Å². The summed E-state index contributed by atoms with van der Waals surface area (Å²) < 4.78 is 15.8. The Labute approximate surface area is 89.9 Å². The van der Waals surface area contributed by atoms with Crippen molar-refractivity contribution < 1.29 is 24.4 Å². The van der Waals surface area contributed by atoms with Gasteiger partial charge < -0.3 is 24.4 Å². The largest absolute Gasteiger partial charge is 0.394 e. The first-order chi connectivity index (χ1) is 7.26. The summed E-state index contributed by atoms with van der Waals surface area (Å²) in [7, 11) is 0. The molecule has 0 aromatic carbocycles. The van der Waals surface area contributed by atoms with Crippen molar-refractivity contribution in [2.75, 3.05) is 26.4 Å². The summed E-state index contributed by atoms with van der Waals surface area (Å²) in [6.07, 6.45) is 0.817. The van der Waals surface area contributed by atoms with E-state index in [1.54, 1.807) is 0 Å². The van der Waals surface area contributed by atoms with Crippen molar-refractivity contribution in [1.82, 2.24) is 0 Å². The molecule has 0 aromatic heterocycles. The van der Waals surface area contributed by atoms with Gasteiger partial charge in [-0.05, 0) is 6.42 Å². The lowest BCUT2D eigenvalue weighted by Crippen LogP contribution is -2.27. The number of ether oxygens (including phenoxy) is 3. The van der Waals surface area contributed by atoms with Gasteiger partial charge in [-0.15, -0.1) is 0 Å². The Bertz CT molecular complexity index is 160. The topological polar surface area (TPSA) is 71.5 Å². The summed E-state index contributed by atoms with van der Waals surface area (Å²) in [5.41, 5.74) is 0. The molecule has 1 aliphatic rings. The number of epoxide rings is 1. The van der Waals surface area contributed by atoms with Gasteiger partial charge in [0.2, 0.25) is 0 Å². The third-order valence-corrected chi connectivity index (χ3v) is 2.08. The molecule has 3 unspecified atom stereocenters. The van der Waals surface area contributed by atoms with Crippen LogP contribution >= 0.6 is 0 Å². The van der Waals surface area contributed by atoms with Gasteiger partial charge in [-0.3, -0.25) is 0 Å². The summed E-state index contributed by atoms with van der Waals surface area (Å²) >= 11 is 0. The predicted octanol–water partition coefficient (Wildman–Crippen LogP) is -0.102. The van der Waals surface area contributed by atoms with Crippen LogP contribution in [0.25, 0.3) is 0 Å². The van der Waals surface area contributed by atoms with Gasteiger partial charge in [-0.1, -0.05) is 13.3 Å². The molecule has 1 rings (SSSR count). The smallest absolute Gasteiger partial charge is 0.157 e. The highest BCUT2D eigenvalue weighted by atomic mass is 16.7. The number of hydrogen-bond acceptors (Lipinski definition) is 5. The zero-order valence-corrected chi connectivity index (χ0v) is 9.09. The highest BCUT2D eigenvalue weighted by Crippen LogP contribution is 2.12. The maximum Gasteiger partial charge on any atom is 0.157 e. The first-order valence-corrected chi connectivity index (χ1v) is 5.40. The quantitative estimate of drug-likeness (QED) is 0.419. The van der Waals surface area contributed by atoms with Crippen LogP contribution in [0.5, 0.6) is 0 Å². The monoisotopic (exact) mass is 220 g/mol. The number of aliphatic hydroxyl groups is 2. The second-order valence-electron chi connectivity index (χ2n) is 3.68. The molecule has 1 aliphatic heterocycles. The SMILES string of the molecule is CCCC(OCC(O)CO)OCC1CO1. The van der Waals surface area contributed by atoms with Gasteiger partial charge in [0.05, 0.1) is 26.4 Å². The van der Waals surface area contributed by atoms with Crippen LogP contribution in [0.2, 0.25) is 0 Å². The molecule has 1 fully saturated rings. The minimum absolute atomic E-state index is 0.104. The van der Waals surface area contributed by atoms with Crippen LogP contribution in [0.3, 0.4) is 0 Å². The van der Waals surface area contributed by atoms with Crippen molar-refractivity contribution in [3.8, 4) is 0 Å². The molecule has 0 radical (unpaired) electrons. The van der Waals surface area contributed by atoms with Gasteiger partial charge in [0, 0.05) is 0 Å². The van der Waals surface area contributed by atoms with Gasteiger partial charge in [0.25, 0.3) is 0 Å². The van der Waals surface area contributed by atoms with E-state index in [1.165, 1.54) is 0 Å². The minimum Gasteiger partial charge on any atom is -0.394 e. The standard InChI is InChI=1S/C10H20O5/c1-2-3-10(14-5-8(12)4-11)15-7-9-6-13-9/h8-12H,2-7H2,1H3. The summed E-state index contributed by atoms with van der Waals surface area (Å²) in [5, 5.41) is 17.7. The lowest BCUT2D eigenvalue weighted by Gasteiger charge is -2.18. The predicted molar refractivity (Wildman–Crippen MR) is 53.4 cm³/mol. The van der Waals surface area contributed by atoms with Crippen molar-refractivity contribution in [2.24, 2.45) is 0 Å². The van der Waals surface area contributed by atoms with Crippen molar-refractivity contribution >= 4 is 0 Å². The first-order valence-electron chi connectivity index (χ1n) is 5.40. The molecule has 0 bridgehead atoms.